The van der Waals surface area contributed by atoms with Gasteiger partial charge in [-0.05, 0) is 88.8 Å². The fourth-order valence-electron chi connectivity index (χ4n) is 3.08. The van der Waals surface area contributed by atoms with E-state index in [9.17, 15) is 0 Å². The molecule has 2 aromatic carbocycles. The molecular formula is C35H57NO. The van der Waals surface area contributed by atoms with Crippen molar-refractivity contribution in [3.8, 4) is 11.1 Å². The maximum Gasteiger partial charge on any atom is 0.116 e. The molecule has 37 heavy (non-hydrogen) atoms. The molecule has 0 unspecified atom stereocenters. The number of aryl methyl sites for hydroxylation is 1. The molecule has 0 N–H and O–H groups in total. The monoisotopic (exact) mass is 507 g/mol. The molecule has 0 aliphatic rings. The van der Waals surface area contributed by atoms with E-state index in [0.717, 1.165) is 19.1 Å². The summed E-state index contributed by atoms with van der Waals surface area (Å²) in [5.74, 6) is 0. The molecule has 0 fully saturated rings. The van der Waals surface area contributed by atoms with Crippen LogP contribution in [-0.4, -0.2) is 25.3 Å². The summed E-state index contributed by atoms with van der Waals surface area (Å²) in [4.78, 5) is 10.7. The third-order valence-corrected chi connectivity index (χ3v) is 5.28. The van der Waals surface area contributed by atoms with Crippen LogP contribution < -0.4 is 0 Å². The van der Waals surface area contributed by atoms with E-state index in [-0.39, 0.29) is 0 Å². The molecule has 2 rings (SSSR count). The molecule has 0 aromatic heterocycles. The number of benzene rings is 2. The van der Waals surface area contributed by atoms with Crippen LogP contribution in [0.25, 0.3) is 11.1 Å². The molecule has 208 valence electrons. The number of aldehydes is 1. The van der Waals surface area contributed by atoms with Crippen molar-refractivity contribution >= 4 is 6.29 Å². The van der Waals surface area contributed by atoms with Gasteiger partial charge in [-0.3, -0.25) is 0 Å². The SMILES string of the molecule is C=C(C)CCCC.C=CN(C)C.CC.CC=O.CCC(Cc1ccc(-c2ccccc2C)cc1)=C(C)C. The van der Waals surface area contributed by atoms with Gasteiger partial charge < -0.3 is 9.69 Å². The Balaban J connectivity index is -0.000000560. The highest BCUT2D eigenvalue weighted by Crippen LogP contribution is 2.24. The van der Waals surface area contributed by atoms with Crippen LogP contribution in [-0.2, 0) is 11.2 Å². The fourth-order valence-corrected chi connectivity index (χ4v) is 3.08. The first-order chi connectivity index (χ1) is 17.6. The molecular weight excluding hydrogens is 450 g/mol. The minimum Gasteiger partial charge on any atom is -0.384 e. The first kappa shape index (κ1) is 38.7. The van der Waals surface area contributed by atoms with Crippen LogP contribution in [0.15, 0.2) is 84.6 Å². The Bertz CT molecular complexity index is 868. The second-order valence-electron chi connectivity index (χ2n) is 9.09. The number of rotatable bonds is 8. The molecule has 0 aliphatic carbocycles. The van der Waals surface area contributed by atoms with Gasteiger partial charge in [0.2, 0.25) is 0 Å². The molecule has 0 amide bonds. The Hall–Kier alpha value is -2.87. The topological polar surface area (TPSA) is 20.3 Å². The van der Waals surface area contributed by atoms with Crippen LogP contribution in [0, 0.1) is 6.92 Å². The van der Waals surface area contributed by atoms with Gasteiger partial charge in [0, 0.05) is 14.1 Å². The van der Waals surface area contributed by atoms with Crippen molar-refractivity contribution in [2.24, 2.45) is 0 Å². The zero-order chi connectivity index (χ0) is 29.2. The summed E-state index contributed by atoms with van der Waals surface area (Å²) in [6.45, 7) is 25.8. The standard InChI is InChI=1S/C20H24.C7H14.C4H9N.C2H4O.C2H6/c1-5-18(15(2)3)14-17-10-12-19(13-11-17)20-9-7-6-8-16(20)4;1-4-5-6-7(2)3;1-4-5(2)3;1-2-3;1-2/h6-13H,5,14H2,1-4H3;2,4-6H2,1,3H3;4H,1H2,2-3H3;2H,1H3;1-2H3. The van der Waals surface area contributed by atoms with Crippen molar-refractivity contribution in [2.45, 2.75) is 94.4 Å². The lowest BCUT2D eigenvalue weighted by Gasteiger charge is -2.10. The summed E-state index contributed by atoms with van der Waals surface area (Å²) < 4.78 is 0. The van der Waals surface area contributed by atoms with Crippen LogP contribution in [0.4, 0.5) is 0 Å². The third-order valence-electron chi connectivity index (χ3n) is 5.28. The van der Waals surface area contributed by atoms with Gasteiger partial charge in [-0.15, -0.1) is 6.58 Å². The highest BCUT2D eigenvalue weighted by Gasteiger charge is 2.03. The summed E-state index contributed by atoms with van der Waals surface area (Å²) in [5, 5.41) is 0. The Morgan fingerprint density at radius 1 is 0.946 bits per heavy atom. The minimum absolute atomic E-state index is 0.750. The van der Waals surface area contributed by atoms with Gasteiger partial charge in [0.15, 0.2) is 0 Å². The number of unbranched alkanes of at least 4 members (excludes halogenated alkanes) is 1. The number of hydrogen-bond acceptors (Lipinski definition) is 2. The molecule has 0 bridgehead atoms. The van der Waals surface area contributed by atoms with E-state index >= 15 is 0 Å². The first-order valence-corrected chi connectivity index (χ1v) is 13.7. The first-order valence-electron chi connectivity index (χ1n) is 13.7. The predicted octanol–water partition coefficient (Wildman–Crippen LogP) is 10.6. The molecule has 2 nitrogen and oxygen atoms in total. The number of carbonyl (C=O) groups is 1. The zero-order valence-electron chi connectivity index (χ0n) is 26.1. The average molecular weight is 508 g/mol. The summed E-state index contributed by atoms with van der Waals surface area (Å²) in [7, 11) is 3.88. The van der Waals surface area contributed by atoms with Crippen molar-refractivity contribution in [1.29, 1.82) is 0 Å². The molecule has 0 radical (unpaired) electrons. The van der Waals surface area contributed by atoms with Crippen LogP contribution in [0.2, 0.25) is 0 Å². The lowest BCUT2D eigenvalue weighted by Crippen LogP contribution is -1.97. The van der Waals surface area contributed by atoms with E-state index in [2.05, 4.69) is 103 Å². The molecule has 0 heterocycles. The number of hydrogen-bond donors (Lipinski definition) is 0. The van der Waals surface area contributed by atoms with Crippen molar-refractivity contribution in [2.75, 3.05) is 14.1 Å². The predicted molar refractivity (Wildman–Crippen MR) is 170 cm³/mol. The molecule has 0 saturated heterocycles. The van der Waals surface area contributed by atoms with Crippen molar-refractivity contribution < 1.29 is 4.79 Å². The Morgan fingerprint density at radius 3 is 1.76 bits per heavy atom. The van der Waals surface area contributed by atoms with E-state index in [0.29, 0.717) is 0 Å². The Kier molecular flexibility index (Phi) is 27.4. The van der Waals surface area contributed by atoms with Gasteiger partial charge in [0.1, 0.15) is 6.29 Å². The van der Waals surface area contributed by atoms with Crippen LogP contribution in [0.5, 0.6) is 0 Å². The van der Waals surface area contributed by atoms with Gasteiger partial charge in [0.25, 0.3) is 0 Å². The summed E-state index contributed by atoms with van der Waals surface area (Å²) >= 11 is 0. The summed E-state index contributed by atoms with van der Waals surface area (Å²) in [6, 6.07) is 17.6. The molecule has 0 spiro atoms. The fraction of sp³-hybridized carbons (Fsp3) is 0.457. The molecule has 2 heteroatoms. The number of carbonyl (C=O) groups excluding carboxylic acids is 1. The van der Waals surface area contributed by atoms with E-state index in [1.54, 1.807) is 11.8 Å². The van der Waals surface area contributed by atoms with Crippen molar-refractivity contribution in [3.63, 3.8) is 0 Å². The Labute approximate surface area is 231 Å². The largest absolute Gasteiger partial charge is 0.384 e. The van der Waals surface area contributed by atoms with Crippen molar-refractivity contribution in [3.05, 3.63) is 95.7 Å². The quantitative estimate of drug-likeness (QED) is 0.261. The molecule has 2 aromatic rings. The van der Waals surface area contributed by atoms with E-state index in [4.69, 9.17) is 4.79 Å². The minimum atomic E-state index is 0.750. The maximum atomic E-state index is 8.81. The smallest absolute Gasteiger partial charge is 0.116 e. The van der Waals surface area contributed by atoms with Crippen molar-refractivity contribution in [1.82, 2.24) is 4.90 Å². The lowest BCUT2D eigenvalue weighted by molar-refractivity contribution is -0.106. The van der Waals surface area contributed by atoms with E-state index in [1.165, 1.54) is 59.6 Å². The van der Waals surface area contributed by atoms with Gasteiger partial charge in [-0.25, -0.2) is 0 Å². The van der Waals surface area contributed by atoms with Crippen LogP contribution in [0.3, 0.4) is 0 Å². The normalized spacial score (nSPS) is 8.73. The van der Waals surface area contributed by atoms with Crippen LogP contribution in [0.1, 0.15) is 92.2 Å². The molecule has 0 aliphatic heterocycles. The third kappa shape index (κ3) is 22.1. The van der Waals surface area contributed by atoms with E-state index in [1.807, 2.05) is 32.8 Å². The van der Waals surface area contributed by atoms with E-state index < -0.39 is 0 Å². The lowest BCUT2D eigenvalue weighted by atomic mass is 9.96. The van der Waals surface area contributed by atoms with Gasteiger partial charge in [-0.2, -0.15) is 0 Å². The number of nitrogens with zero attached hydrogens (tertiary/aromatic N) is 1. The summed E-state index contributed by atoms with van der Waals surface area (Å²) in [6.07, 6.45) is 8.51. The second-order valence-corrected chi connectivity index (χ2v) is 9.09. The van der Waals surface area contributed by atoms with Crippen LogP contribution >= 0.6 is 0 Å². The summed E-state index contributed by atoms with van der Waals surface area (Å²) in [5.41, 5.74) is 9.68. The highest BCUT2D eigenvalue weighted by molar-refractivity contribution is 5.67. The average Bonchev–Trinajstić information content (AvgIpc) is 2.89. The van der Waals surface area contributed by atoms with Gasteiger partial charge in [0.05, 0.1) is 0 Å². The molecule has 0 atom stereocenters. The second kappa shape index (κ2) is 26.2. The maximum absolute atomic E-state index is 8.81. The van der Waals surface area contributed by atoms with Gasteiger partial charge in [-0.1, -0.05) is 106 Å². The van der Waals surface area contributed by atoms with Gasteiger partial charge >= 0.3 is 0 Å². The Morgan fingerprint density at radius 2 is 1.43 bits per heavy atom. The zero-order valence-corrected chi connectivity index (χ0v) is 26.1. The highest BCUT2D eigenvalue weighted by atomic mass is 16.1. The number of allylic oxidation sites excluding steroid dienone is 3. The molecule has 0 saturated carbocycles.